The Morgan fingerprint density at radius 1 is 1.28 bits per heavy atom. The molecule has 0 saturated carbocycles. The number of benzene rings is 1. The first kappa shape index (κ1) is 26.6. The quantitative estimate of drug-likeness (QED) is 0.343. The van der Waals surface area contributed by atoms with Gasteiger partial charge in [-0.2, -0.15) is 0 Å². The second kappa shape index (κ2) is 12.0. The molecule has 11 heteroatoms. The zero-order valence-electron chi connectivity index (χ0n) is 18.6. The third kappa shape index (κ3) is 6.46. The van der Waals surface area contributed by atoms with Crippen LogP contribution in [0.25, 0.3) is 11.0 Å². The summed E-state index contributed by atoms with van der Waals surface area (Å²) in [6.45, 7) is 7.55. The summed E-state index contributed by atoms with van der Waals surface area (Å²) in [5, 5.41) is 33.6. The van der Waals surface area contributed by atoms with Gasteiger partial charge in [-0.3, -0.25) is 9.36 Å². The van der Waals surface area contributed by atoms with Crippen molar-refractivity contribution in [1.82, 2.24) is 9.55 Å². The molecule has 3 rings (SSSR count). The first-order valence-corrected chi connectivity index (χ1v) is 11.3. The summed E-state index contributed by atoms with van der Waals surface area (Å²) in [5.74, 6) is 0.270. The number of hydrogen-bond acceptors (Lipinski definition) is 8. The van der Waals surface area contributed by atoms with Gasteiger partial charge in [0.25, 0.3) is 0 Å². The van der Waals surface area contributed by atoms with Crippen molar-refractivity contribution < 1.29 is 29.6 Å². The predicted molar refractivity (Wildman–Crippen MR) is 123 cm³/mol. The molecule has 180 valence electrons. The summed E-state index contributed by atoms with van der Waals surface area (Å²) in [6.07, 6.45) is -2.17. The van der Waals surface area contributed by atoms with Gasteiger partial charge in [0, 0.05) is 13.0 Å². The zero-order valence-corrected chi connectivity index (χ0v) is 20.1. The lowest BCUT2D eigenvalue weighted by Crippen LogP contribution is -2.33. The number of aromatic nitrogens is 2. The molecule has 2 aromatic rings. The van der Waals surface area contributed by atoms with Gasteiger partial charge in [0.15, 0.2) is 6.23 Å². The van der Waals surface area contributed by atoms with E-state index in [0.717, 1.165) is 12.8 Å². The number of nitrogens with zero attached hydrogens (tertiary/aromatic N) is 2. The Labute approximate surface area is 197 Å². The fourth-order valence-corrected chi connectivity index (χ4v) is 3.48. The average Bonchev–Trinajstić information content (AvgIpc) is 3.18. The first-order chi connectivity index (χ1) is 15.1. The molecular weight excluding hydrogens is 461 g/mol. The number of aliphatic hydroxyl groups is 3. The fourth-order valence-electron chi connectivity index (χ4n) is 3.16. The number of imidazole rings is 1. The zero-order chi connectivity index (χ0) is 24.0. The van der Waals surface area contributed by atoms with Crippen molar-refractivity contribution in [3.05, 3.63) is 22.2 Å². The molecule has 4 atom stereocenters. The van der Waals surface area contributed by atoms with E-state index in [4.69, 9.17) is 27.9 Å². The molecule has 2 heterocycles. The standard InChI is InChI=1S/C15H19Cl2N3O4.C6H12O2/c1-6(2)18-15-19-9-3-7(16)8(17)4-10(9)20(15)14-13(23)12(22)11(5-21)24-14;1-3-4-5-8-6(2)7/h3-4,6,11-14,21-23H,5H2,1-2H3,(H,18,19);3-5H2,1-2H3/t11-,12-,13-,14-;/m0./s1. The molecule has 1 aromatic heterocycles. The van der Waals surface area contributed by atoms with Gasteiger partial charge in [-0.25, -0.2) is 4.98 Å². The Balaban J connectivity index is 0.000000390. The number of anilines is 1. The summed E-state index contributed by atoms with van der Waals surface area (Å²) < 4.78 is 11.9. The number of halogens is 2. The number of unbranched alkanes of at least 4 members (excludes halogenated alkanes) is 1. The summed E-state index contributed by atoms with van der Waals surface area (Å²) in [6, 6.07) is 3.33. The number of carbonyl (C=O) groups excluding carboxylic acids is 1. The number of nitrogens with one attached hydrogen (secondary N) is 1. The Morgan fingerprint density at radius 2 is 1.94 bits per heavy atom. The van der Waals surface area contributed by atoms with Crippen molar-refractivity contribution in [3.63, 3.8) is 0 Å². The van der Waals surface area contributed by atoms with E-state index in [1.54, 1.807) is 16.7 Å². The third-order valence-electron chi connectivity index (χ3n) is 4.72. The van der Waals surface area contributed by atoms with E-state index in [0.29, 0.717) is 33.6 Å². The maximum atomic E-state index is 10.4. The maximum absolute atomic E-state index is 10.4. The van der Waals surface area contributed by atoms with Crippen LogP contribution in [0.2, 0.25) is 10.0 Å². The molecule has 0 spiro atoms. The largest absolute Gasteiger partial charge is 0.466 e. The third-order valence-corrected chi connectivity index (χ3v) is 5.45. The first-order valence-electron chi connectivity index (χ1n) is 10.5. The van der Waals surface area contributed by atoms with Gasteiger partial charge in [-0.15, -0.1) is 0 Å². The van der Waals surface area contributed by atoms with Crippen LogP contribution in [0.4, 0.5) is 5.95 Å². The summed E-state index contributed by atoms with van der Waals surface area (Å²) in [5.41, 5.74) is 1.17. The molecule has 0 amide bonds. The Bertz CT molecular complexity index is 907. The number of ether oxygens (including phenoxy) is 2. The molecule has 0 unspecified atom stereocenters. The van der Waals surface area contributed by atoms with Crippen molar-refractivity contribution in [1.29, 1.82) is 0 Å². The van der Waals surface area contributed by atoms with Crippen molar-refractivity contribution in [2.24, 2.45) is 0 Å². The molecule has 1 aromatic carbocycles. The fraction of sp³-hybridized carbons (Fsp3) is 0.619. The van der Waals surface area contributed by atoms with Crippen LogP contribution in [0, 0.1) is 0 Å². The number of rotatable bonds is 7. The van der Waals surface area contributed by atoms with Crippen molar-refractivity contribution in [2.75, 3.05) is 18.5 Å². The van der Waals surface area contributed by atoms with Crippen LogP contribution < -0.4 is 5.32 Å². The topological polar surface area (TPSA) is 126 Å². The highest BCUT2D eigenvalue weighted by molar-refractivity contribution is 6.42. The van der Waals surface area contributed by atoms with Crippen LogP contribution in [0.1, 0.15) is 46.8 Å². The highest BCUT2D eigenvalue weighted by Crippen LogP contribution is 2.37. The average molecular weight is 492 g/mol. The van der Waals surface area contributed by atoms with Crippen LogP contribution in [-0.2, 0) is 14.3 Å². The van der Waals surface area contributed by atoms with Gasteiger partial charge >= 0.3 is 5.97 Å². The number of aliphatic hydroxyl groups excluding tert-OH is 3. The summed E-state index contributed by atoms with van der Waals surface area (Å²) >= 11 is 12.2. The Hall–Kier alpha value is -1.62. The van der Waals surface area contributed by atoms with Gasteiger partial charge in [-0.1, -0.05) is 36.5 Å². The second-order valence-corrected chi connectivity index (χ2v) is 8.60. The molecule has 9 nitrogen and oxygen atoms in total. The van der Waals surface area contributed by atoms with Gasteiger partial charge in [-0.05, 0) is 32.4 Å². The normalized spacial score (nSPS) is 22.7. The Kier molecular flexibility index (Phi) is 10.00. The van der Waals surface area contributed by atoms with Crippen molar-refractivity contribution in [2.45, 2.75) is 71.1 Å². The number of hydrogen-bond donors (Lipinski definition) is 4. The lowest BCUT2D eigenvalue weighted by atomic mass is 10.1. The smallest absolute Gasteiger partial charge is 0.302 e. The van der Waals surface area contributed by atoms with E-state index in [-0.39, 0.29) is 12.0 Å². The van der Waals surface area contributed by atoms with Crippen LogP contribution in [-0.4, -0.2) is 68.4 Å². The van der Waals surface area contributed by atoms with Gasteiger partial charge in [0.05, 0.1) is 34.3 Å². The molecule has 4 N–H and O–H groups in total. The summed E-state index contributed by atoms with van der Waals surface area (Å²) in [4.78, 5) is 14.6. The molecule has 0 bridgehead atoms. The van der Waals surface area contributed by atoms with Gasteiger partial charge in [0.1, 0.15) is 18.3 Å². The highest BCUT2D eigenvalue weighted by atomic mass is 35.5. The summed E-state index contributed by atoms with van der Waals surface area (Å²) in [7, 11) is 0. The molecule has 0 radical (unpaired) electrons. The number of fused-ring (bicyclic) bond motifs is 1. The van der Waals surface area contributed by atoms with E-state index in [9.17, 15) is 20.1 Å². The SMILES string of the molecule is CC(C)Nc1nc2cc(Cl)c(Cl)cc2n1[C@H]1O[C@@H](CO)[C@H](O)[C@@H]1O.CCCCOC(C)=O. The van der Waals surface area contributed by atoms with Crippen LogP contribution in [0.15, 0.2) is 12.1 Å². The van der Waals surface area contributed by atoms with Gasteiger partial charge < -0.3 is 30.1 Å². The molecule has 1 aliphatic rings. The van der Waals surface area contributed by atoms with Gasteiger partial charge in [0.2, 0.25) is 5.95 Å². The number of carbonyl (C=O) groups is 1. The van der Waals surface area contributed by atoms with Crippen LogP contribution >= 0.6 is 23.2 Å². The molecule has 0 aliphatic carbocycles. The number of esters is 1. The molecule has 1 aliphatic heterocycles. The lowest BCUT2D eigenvalue weighted by molar-refractivity contribution is -0.141. The lowest BCUT2D eigenvalue weighted by Gasteiger charge is -2.21. The minimum Gasteiger partial charge on any atom is -0.466 e. The maximum Gasteiger partial charge on any atom is 0.302 e. The van der Waals surface area contributed by atoms with Crippen molar-refractivity contribution in [3.8, 4) is 0 Å². The van der Waals surface area contributed by atoms with E-state index in [1.807, 2.05) is 13.8 Å². The Morgan fingerprint density at radius 3 is 2.47 bits per heavy atom. The van der Waals surface area contributed by atoms with Crippen LogP contribution in [0.5, 0.6) is 0 Å². The minimum atomic E-state index is -1.22. The highest BCUT2D eigenvalue weighted by Gasteiger charge is 2.44. The minimum absolute atomic E-state index is 0.0728. The van der Waals surface area contributed by atoms with E-state index >= 15 is 0 Å². The van der Waals surface area contributed by atoms with Crippen LogP contribution in [0.3, 0.4) is 0 Å². The molecule has 32 heavy (non-hydrogen) atoms. The predicted octanol–water partition coefficient (Wildman–Crippen LogP) is 3.12. The van der Waals surface area contributed by atoms with E-state index in [1.165, 1.54) is 6.92 Å². The van der Waals surface area contributed by atoms with E-state index < -0.39 is 31.1 Å². The molecule has 1 saturated heterocycles. The van der Waals surface area contributed by atoms with Crippen molar-refractivity contribution >= 4 is 46.2 Å². The molecular formula is C21H31Cl2N3O6. The monoisotopic (exact) mass is 491 g/mol. The molecule has 1 fully saturated rings. The van der Waals surface area contributed by atoms with E-state index in [2.05, 4.69) is 22.0 Å². The second-order valence-electron chi connectivity index (χ2n) is 7.78.